The number of fused-ring (bicyclic) bond motifs is 1. The standard InChI is InChI=1S/C24H25ClN4O3S/c1-14(2)32-22(30)20-15(3)26-23-27-24(33-13-17-7-5-6-8-19(17)25)28-29(23)21(20)16-9-11-18(31-4)12-10-16/h5-12,14,21H,13H2,1-4H3,(H,26,27,28). The van der Waals surface area contributed by atoms with E-state index in [1.165, 1.54) is 11.8 Å². The van der Waals surface area contributed by atoms with E-state index in [4.69, 9.17) is 26.2 Å². The molecule has 1 aliphatic rings. The zero-order valence-corrected chi connectivity index (χ0v) is 20.4. The summed E-state index contributed by atoms with van der Waals surface area (Å²) >= 11 is 7.78. The molecule has 9 heteroatoms. The highest BCUT2D eigenvalue weighted by molar-refractivity contribution is 7.98. The number of hydrogen-bond donors (Lipinski definition) is 1. The van der Waals surface area contributed by atoms with Crippen LogP contribution < -0.4 is 10.1 Å². The second-order valence-corrected chi connectivity index (χ2v) is 9.19. The molecule has 1 aromatic heterocycles. The van der Waals surface area contributed by atoms with E-state index in [9.17, 15) is 4.79 Å². The number of hydrogen-bond acceptors (Lipinski definition) is 7. The number of ether oxygens (including phenoxy) is 2. The lowest BCUT2D eigenvalue weighted by atomic mass is 9.95. The van der Waals surface area contributed by atoms with Crippen molar-refractivity contribution in [1.29, 1.82) is 0 Å². The van der Waals surface area contributed by atoms with Gasteiger partial charge in [-0.3, -0.25) is 0 Å². The van der Waals surface area contributed by atoms with E-state index in [2.05, 4.69) is 10.3 Å². The lowest BCUT2D eigenvalue weighted by molar-refractivity contribution is -0.143. The summed E-state index contributed by atoms with van der Waals surface area (Å²) in [5, 5.41) is 9.25. The second kappa shape index (κ2) is 9.89. The summed E-state index contributed by atoms with van der Waals surface area (Å²) in [5.41, 5.74) is 3.06. The summed E-state index contributed by atoms with van der Waals surface area (Å²) < 4.78 is 12.6. The van der Waals surface area contributed by atoms with Crippen LogP contribution in [0.2, 0.25) is 5.02 Å². The molecule has 2 aromatic carbocycles. The van der Waals surface area contributed by atoms with Crippen LogP contribution in [0.25, 0.3) is 0 Å². The predicted octanol–water partition coefficient (Wildman–Crippen LogP) is 5.47. The summed E-state index contributed by atoms with van der Waals surface area (Å²) in [6.45, 7) is 5.51. The van der Waals surface area contributed by atoms with Crippen molar-refractivity contribution in [2.75, 3.05) is 12.4 Å². The van der Waals surface area contributed by atoms with E-state index in [0.29, 0.717) is 33.2 Å². The molecule has 0 fully saturated rings. The van der Waals surface area contributed by atoms with Gasteiger partial charge in [-0.2, -0.15) is 4.98 Å². The number of aromatic nitrogens is 3. The lowest BCUT2D eigenvalue weighted by Crippen LogP contribution is -2.30. The van der Waals surface area contributed by atoms with Gasteiger partial charge in [-0.05, 0) is 50.1 Å². The molecule has 0 aliphatic carbocycles. The van der Waals surface area contributed by atoms with Gasteiger partial charge < -0.3 is 14.8 Å². The van der Waals surface area contributed by atoms with Crippen LogP contribution in [0.15, 0.2) is 65.0 Å². The van der Waals surface area contributed by atoms with Gasteiger partial charge in [0.05, 0.1) is 18.8 Å². The monoisotopic (exact) mass is 484 g/mol. The Morgan fingerprint density at radius 3 is 2.61 bits per heavy atom. The molecule has 0 saturated heterocycles. The third-order valence-electron chi connectivity index (χ3n) is 5.14. The zero-order chi connectivity index (χ0) is 23.5. The minimum Gasteiger partial charge on any atom is -0.497 e. The Morgan fingerprint density at radius 1 is 1.21 bits per heavy atom. The van der Waals surface area contributed by atoms with Gasteiger partial charge in [0, 0.05) is 16.5 Å². The summed E-state index contributed by atoms with van der Waals surface area (Å²) in [6, 6.07) is 14.8. The topological polar surface area (TPSA) is 78.3 Å². The van der Waals surface area contributed by atoms with E-state index < -0.39 is 6.04 Å². The van der Waals surface area contributed by atoms with Gasteiger partial charge >= 0.3 is 5.97 Å². The van der Waals surface area contributed by atoms with Gasteiger partial charge in [0.15, 0.2) is 0 Å². The molecule has 1 unspecified atom stereocenters. The van der Waals surface area contributed by atoms with Crippen LogP contribution in [0.5, 0.6) is 5.75 Å². The molecular weight excluding hydrogens is 460 g/mol. The van der Waals surface area contributed by atoms with Gasteiger partial charge in [-0.15, -0.1) is 5.10 Å². The molecule has 0 saturated carbocycles. The first-order chi connectivity index (χ1) is 15.9. The zero-order valence-electron chi connectivity index (χ0n) is 18.8. The molecule has 4 rings (SSSR count). The Hall–Kier alpha value is -2.97. The number of carbonyl (C=O) groups excluding carboxylic acids is 1. The number of allylic oxidation sites excluding steroid dienone is 1. The molecule has 7 nitrogen and oxygen atoms in total. The minimum absolute atomic E-state index is 0.242. The molecule has 1 aliphatic heterocycles. The molecule has 172 valence electrons. The van der Waals surface area contributed by atoms with Crippen LogP contribution in [0.1, 0.15) is 37.9 Å². The Kier molecular flexibility index (Phi) is 6.95. The van der Waals surface area contributed by atoms with Crippen LogP contribution in [0, 0.1) is 0 Å². The smallest absolute Gasteiger partial charge is 0.338 e. The van der Waals surface area contributed by atoms with Crippen molar-refractivity contribution in [3.63, 3.8) is 0 Å². The highest BCUT2D eigenvalue weighted by Crippen LogP contribution is 2.38. The number of halogens is 1. The molecule has 1 atom stereocenters. The van der Waals surface area contributed by atoms with Crippen molar-refractivity contribution >= 4 is 35.3 Å². The first-order valence-electron chi connectivity index (χ1n) is 10.5. The average Bonchev–Trinajstić information content (AvgIpc) is 3.19. The van der Waals surface area contributed by atoms with Crippen molar-refractivity contribution in [3.8, 4) is 5.75 Å². The summed E-state index contributed by atoms with van der Waals surface area (Å²) in [6.07, 6.45) is -0.242. The Morgan fingerprint density at radius 2 is 1.94 bits per heavy atom. The molecule has 2 heterocycles. The third-order valence-corrected chi connectivity index (χ3v) is 6.40. The minimum atomic E-state index is -0.486. The first kappa shape index (κ1) is 23.2. The summed E-state index contributed by atoms with van der Waals surface area (Å²) in [4.78, 5) is 17.7. The van der Waals surface area contributed by atoms with Gasteiger partial charge in [0.2, 0.25) is 11.1 Å². The van der Waals surface area contributed by atoms with Crippen molar-refractivity contribution in [1.82, 2.24) is 14.8 Å². The highest BCUT2D eigenvalue weighted by Gasteiger charge is 2.35. The van der Waals surface area contributed by atoms with Crippen molar-refractivity contribution in [3.05, 3.63) is 76.0 Å². The number of benzene rings is 2. The van der Waals surface area contributed by atoms with Crippen LogP contribution >= 0.6 is 23.4 Å². The Balaban J connectivity index is 1.70. The predicted molar refractivity (Wildman–Crippen MR) is 130 cm³/mol. The summed E-state index contributed by atoms with van der Waals surface area (Å²) in [5.74, 6) is 1.54. The fourth-order valence-electron chi connectivity index (χ4n) is 3.59. The molecule has 33 heavy (non-hydrogen) atoms. The van der Waals surface area contributed by atoms with Gasteiger partial charge in [0.1, 0.15) is 11.8 Å². The Bertz CT molecular complexity index is 1190. The van der Waals surface area contributed by atoms with Gasteiger partial charge in [-0.1, -0.05) is 53.7 Å². The van der Waals surface area contributed by atoms with Crippen LogP contribution in [-0.2, 0) is 15.3 Å². The van der Waals surface area contributed by atoms with Crippen molar-refractivity contribution in [2.24, 2.45) is 0 Å². The van der Waals surface area contributed by atoms with Crippen LogP contribution in [0.3, 0.4) is 0 Å². The maximum atomic E-state index is 13.1. The Labute approximate surface area is 202 Å². The van der Waals surface area contributed by atoms with Crippen molar-refractivity contribution < 1.29 is 14.3 Å². The molecule has 0 amide bonds. The number of anilines is 1. The number of nitrogens with zero attached hydrogens (tertiary/aromatic N) is 3. The molecule has 1 N–H and O–H groups in total. The number of carbonyl (C=O) groups is 1. The molecule has 3 aromatic rings. The normalized spacial score (nSPS) is 15.3. The van der Waals surface area contributed by atoms with E-state index in [1.54, 1.807) is 11.8 Å². The summed E-state index contributed by atoms with van der Waals surface area (Å²) in [7, 11) is 1.62. The fourth-order valence-corrected chi connectivity index (χ4v) is 4.70. The third kappa shape index (κ3) is 5.02. The van der Waals surface area contributed by atoms with E-state index >= 15 is 0 Å². The molecular formula is C24H25ClN4O3S. The molecule has 0 radical (unpaired) electrons. The van der Waals surface area contributed by atoms with E-state index in [1.807, 2.05) is 69.3 Å². The lowest BCUT2D eigenvalue weighted by Gasteiger charge is -2.28. The van der Waals surface area contributed by atoms with E-state index in [0.717, 1.165) is 16.9 Å². The number of thioether (sulfide) groups is 1. The largest absolute Gasteiger partial charge is 0.497 e. The maximum Gasteiger partial charge on any atom is 0.338 e. The highest BCUT2D eigenvalue weighted by atomic mass is 35.5. The van der Waals surface area contributed by atoms with Crippen LogP contribution in [0.4, 0.5) is 5.95 Å². The number of methoxy groups -OCH3 is 1. The van der Waals surface area contributed by atoms with Gasteiger partial charge in [-0.25, -0.2) is 9.48 Å². The quantitative estimate of drug-likeness (QED) is 0.351. The molecule has 0 bridgehead atoms. The molecule has 0 spiro atoms. The van der Waals surface area contributed by atoms with E-state index in [-0.39, 0.29) is 12.1 Å². The maximum absolute atomic E-state index is 13.1. The second-order valence-electron chi connectivity index (χ2n) is 7.84. The average molecular weight is 485 g/mol. The SMILES string of the molecule is COc1ccc(C2C(C(=O)OC(C)C)=C(C)Nc3nc(SCc4ccccc4Cl)nn32)cc1. The number of nitrogens with one attached hydrogen (secondary N) is 1. The van der Waals surface area contributed by atoms with Crippen molar-refractivity contribution in [2.45, 2.75) is 43.8 Å². The van der Waals surface area contributed by atoms with Gasteiger partial charge in [0.25, 0.3) is 0 Å². The van der Waals surface area contributed by atoms with Crippen LogP contribution in [-0.4, -0.2) is 33.9 Å². The number of esters is 1. The number of rotatable bonds is 7. The fraction of sp³-hybridized carbons (Fsp3) is 0.292. The first-order valence-corrected chi connectivity index (χ1v) is 11.9.